The molecule has 0 saturated heterocycles. The van der Waals surface area contributed by atoms with Crippen LogP contribution in [0.3, 0.4) is 0 Å². The Hall–Kier alpha value is -2.21. The number of hydrogen-bond acceptors (Lipinski definition) is 4. The molecule has 0 aromatic heterocycles. The molecule has 0 spiro atoms. The molecule has 0 saturated carbocycles. The first kappa shape index (κ1) is 16.2. The maximum absolute atomic E-state index is 12.9. The summed E-state index contributed by atoms with van der Waals surface area (Å²) in [5.74, 6) is -2.36. The lowest BCUT2D eigenvalue weighted by atomic mass is 10.2. The van der Waals surface area contributed by atoms with E-state index < -0.39 is 25.2 Å². The van der Waals surface area contributed by atoms with E-state index in [4.69, 9.17) is 0 Å². The summed E-state index contributed by atoms with van der Waals surface area (Å²) in [7, 11) is -5.17. The van der Waals surface area contributed by atoms with Gasteiger partial charge in [-0.3, -0.25) is 0 Å². The topological polar surface area (TPSA) is 104 Å². The fourth-order valence-electron chi connectivity index (χ4n) is 1.80. The van der Waals surface area contributed by atoms with Crippen molar-refractivity contribution in [3.05, 3.63) is 66.0 Å². The molecule has 8 heteroatoms. The molecule has 0 fully saturated rings. The third-order valence-corrected chi connectivity index (χ3v) is 3.86. The van der Waals surface area contributed by atoms with Crippen LogP contribution in [0.2, 0.25) is 0 Å². The zero-order valence-electron chi connectivity index (χ0n) is 11.2. The first-order valence-corrected chi connectivity index (χ1v) is 7.87. The highest BCUT2D eigenvalue weighted by Crippen LogP contribution is 2.42. The minimum absolute atomic E-state index is 0.0158. The molecule has 2 aromatic carbocycles. The summed E-state index contributed by atoms with van der Waals surface area (Å²) in [6.07, 6.45) is 0. The SMILES string of the molecule is O=C(Nc1ccccc1)NC(c1ccc(F)cc1)P(=O)([O-])[O-]. The molecule has 2 amide bonds. The minimum atomic E-state index is -5.17. The molecular formula is C14H12FN2O4P-2. The molecule has 0 aliphatic carbocycles. The zero-order valence-corrected chi connectivity index (χ0v) is 12.1. The number of para-hydroxylation sites is 1. The number of nitrogens with one attached hydrogen (secondary N) is 2. The van der Waals surface area contributed by atoms with Crippen LogP contribution in [0.25, 0.3) is 0 Å². The van der Waals surface area contributed by atoms with Gasteiger partial charge in [0.15, 0.2) is 0 Å². The smallest absolute Gasteiger partial charge is 0.320 e. The normalized spacial score (nSPS) is 12.5. The van der Waals surface area contributed by atoms with Gasteiger partial charge in [-0.05, 0) is 37.4 Å². The summed E-state index contributed by atoms with van der Waals surface area (Å²) in [5, 5.41) is 4.48. The number of carbonyl (C=O) groups excluding carboxylic acids is 1. The van der Waals surface area contributed by atoms with Crippen LogP contribution >= 0.6 is 7.60 Å². The molecule has 116 valence electrons. The van der Waals surface area contributed by atoms with Gasteiger partial charge in [0, 0.05) is 5.69 Å². The van der Waals surface area contributed by atoms with Crippen molar-refractivity contribution in [2.24, 2.45) is 0 Å². The summed E-state index contributed by atoms with van der Waals surface area (Å²) in [6.45, 7) is 0. The van der Waals surface area contributed by atoms with E-state index in [2.05, 4.69) is 10.6 Å². The predicted molar refractivity (Wildman–Crippen MR) is 75.3 cm³/mol. The Morgan fingerprint density at radius 1 is 1.05 bits per heavy atom. The van der Waals surface area contributed by atoms with Gasteiger partial charge >= 0.3 is 6.03 Å². The second-order valence-corrected chi connectivity index (χ2v) is 6.05. The molecule has 6 nitrogen and oxygen atoms in total. The number of halogens is 1. The Bertz CT molecular complexity index is 688. The Morgan fingerprint density at radius 2 is 1.64 bits per heavy atom. The average molecular weight is 322 g/mol. The van der Waals surface area contributed by atoms with Crippen molar-refractivity contribution in [3.8, 4) is 0 Å². The van der Waals surface area contributed by atoms with Crippen molar-refractivity contribution in [3.63, 3.8) is 0 Å². The van der Waals surface area contributed by atoms with E-state index in [0.717, 1.165) is 24.3 Å². The van der Waals surface area contributed by atoms with Crippen molar-refractivity contribution in [2.45, 2.75) is 5.78 Å². The number of carbonyl (C=O) groups is 1. The van der Waals surface area contributed by atoms with Crippen LogP contribution in [-0.2, 0) is 4.57 Å². The van der Waals surface area contributed by atoms with Gasteiger partial charge < -0.3 is 25.0 Å². The molecule has 2 N–H and O–H groups in total. The van der Waals surface area contributed by atoms with Gasteiger partial charge in [0.1, 0.15) is 5.82 Å². The molecule has 1 unspecified atom stereocenters. The molecule has 0 bridgehead atoms. The molecular weight excluding hydrogens is 310 g/mol. The van der Waals surface area contributed by atoms with Crippen LogP contribution in [0.5, 0.6) is 0 Å². The third-order valence-electron chi connectivity index (χ3n) is 2.80. The Kier molecular flexibility index (Phi) is 4.92. The monoisotopic (exact) mass is 322 g/mol. The van der Waals surface area contributed by atoms with Gasteiger partial charge in [0.2, 0.25) is 0 Å². The lowest BCUT2D eigenvalue weighted by Gasteiger charge is -2.38. The molecule has 2 rings (SSSR count). The van der Waals surface area contributed by atoms with E-state index in [1.165, 1.54) is 0 Å². The van der Waals surface area contributed by atoms with Gasteiger partial charge in [-0.1, -0.05) is 30.3 Å². The van der Waals surface area contributed by atoms with Crippen molar-refractivity contribution in [1.82, 2.24) is 5.32 Å². The van der Waals surface area contributed by atoms with E-state index in [-0.39, 0.29) is 5.56 Å². The van der Waals surface area contributed by atoms with E-state index in [9.17, 15) is 23.5 Å². The fraction of sp³-hybridized carbons (Fsp3) is 0.0714. The highest BCUT2D eigenvalue weighted by molar-refractivity contribution is 7.49. The van der Waals surface area contributed by atoms with Crippen LogP contribution in [0, 0.1) is 5.82 Å². The largest absolute Gasteiger partial charge is 0.809 e. The highest BCUT2D eigenvalue weighted by Gasteiger charge is 2.18. The lowest BCUT2D eigenvalue weighted by Crippen LogP contribution is -2.37. The van der Waals surface area contributed by atoms with E-state index in [1.807, 2.05) is 0 Å². The van der Waals surface area contributed by atoms with E-state index in [1.54, 1.807) is 30.3 Å². The number of amides is 2. The average Bonchev–Trinajstić information content (AvgIpc) is 2.46. The van der Waals surface area contributed by atoms with Crippen LogP contribution in [0.15, 0.2) is 54.6 Å². The molecule has 0 heterocycles. The number of anilines is 1. The van der Waals surface area contributed by atoms with Crippen LogP contribution in [0.4, 0.5) is 14.9 Å². The molecule has 22 heavy (non-hydrogen) atoms. The summed E-state index contributed by atoms with van der Waals surface area (Å²) in [6, 6.07) is 11.7. The maximum atomic E-state index is 12.9. The van der Waals surface area contributed by atoms with Gasteiger partial charge in [-0.2, -0.15) is 0 Å². The molecule has 1 atom stereocenters. The Balaban J connectivity index is 2.15. The number of urea groups is 1. The third kappa shape index (κ3) is 4.39. The van der Waals surface area contributed by atoms with Gasteiger partial charge in [0.05, 0.1) is 5.78 Å². The van der Waals surface area contributed by atoms with Crippen molar-refractivity contribution < 1.29 is 23.5 Å². The van der Waals surface area contributed by atoms with Gasteiger partial charge in [-0.25, -0.2) is 9.18 Å². The summed E-state index contributed by atoms with van der Waals surface area (Å²) in [5.41, 5.74) is 0.419. The molecule has 0 aliphatic heterocycles. The van der Waals surface area contributed by atoms with Crippen LogP contribution in [0.1, 0.15) is 11.3 Å². The summed E-state index contributed by atoms with van der Waals surface area (Å²) in [4.78, 5) is 34.5. The minimum Gasteiger partial charge on any atom is -0.809 e. The summed E-state index contributed by atoms with van der Waals surface area (Å²) >= 11 is 0. The second kappa shape index (κ2) is 6.70. The van der Waals surface area contributed by atoms with Crippen LogP contribution in [-0.4, -0.2) is 6.03 Å². The van der Waals surface area contributed by atoms with Gasteiger partial charge in [0.25, 0.3) is 0 Å². The standard InChI is InChI=1S/C14H14FN2O4P/c15-11-8-6-10(7-9-11)13(22(19,20)21)17-14(18)16-12-4-2-1-3-5-12/h1-9,13H,(H2,16,17,18)(H2,19,20,21)/p-2. The quantitative estimate of drug-likeness (QED) is 0.833. The molecule has 0 aliphatic rings. The zero-order chi connectivity index (χ0) is 16.2. The Labute approximate surface area is 126 Å². The predicted octanol–water partition coefficient (Wildman–Crippen LogP) is 1.56. The van der Waals surface area contributed by atoms with Crippen LogP contribution < -0.4 is 20.4 Å². The molecule has 0 radical (unpaired) electrons. The van der Waals surface area contributed by atoms with Crippen molar-refractivity contribution in [1.29, 1.82) is 0 Å². The second-order valence-electron chi connectivity index (χ2n) is 4.46. The highest BCUT2D eigenvalue weighted by atomic mass is 31.2. The maximum Gasteiger partial charge on any atom is 0.320 e. The molecule has 2 aromatic rings. The summed E-state index contributed by atoms with van der Waals surface area (Å²) < 4.78 is 24.2. The van der Waals surface area contributed by atoms with E-state index >= 15 is 0 Å². The van der Waals surface area contributed by atoms with E-state index in [0.29, 0.717) is 5.69 Å². The number of hydrogen-bond donors (Lipinski definition) is 2. The lowest BCUT2D eigenvalue weighted by molar-refractivity contribution is -0.317. The van der Waals surface area contributed by atoms with Gasteiger partial charge in [-0.15, -0.1) is 0 Å². The fourth-order valence-corrected chi connectivity index (χ4v) is 2.62. The first-order chi connectivity index (χ1) is 10.4. The number of rotatable bonds is 4. The van der Waals surface area contributed by atoms with Crippen molar-refractivity contribution in [2.75, 3.05) is 5.32 Å². The first-order valence-electron chi connectivity index (χ1n) is 6.26. The Morgan fingerprint density at radius 3 is 2.18 bits per heavy atom. The number of benzene rings is 2. The van der Waals surface area contributed by atoms with Crippen molar-refractivity contribution >= 4 is 19.3 Å².